The fraction of sp³-hybridized carbons (Fsp3) is 0.500. The minimum atomic E-state index is -4.03. The van der Waals surface area contributed by atoms with Crippen molar-refractivity contribution in [1.29, 1.82) is 0 Å². The van der Waals surface area contributed by atoms with E-state index in [0.29, 0.717) is 26.1 Å². The number of hydrogen-bond donors (Lipinski definition) is 3. The monoisotopic (exact) mass is 346 g/mol. The maximum Gasteiger partial charge on any atom is 0.261 e. The van der Waals surface area contributed by atoms with Gasteiger partial charge in [0.15, 0.2) is 0 Å². The first-order valence-electron chi connectivity index (χ1n) is 7.15. The Morgan fingerprint density at radius 3 is 2.61 bits per heavy atom. The summed E-state index contributed by atoms with van der Waals surface area (Å²) in [6.07, 6.45) is 0.978. The molecule has 1 unspecified atom stereocenters. The van der Waals surface area contributed by atoms with Crippen molar-refractivity contribution in [2.45, 2.75) is 30.7 Å². The minimum Gasteiger partial charge on any atom is -0.381 e. The molecule has 1 fully saturated rings. The summed E-state index contributed by atoms with van der Waals surface area (Å²) in [5.74, 6) is -1.65. The molecule has 23 heavy (non-hydrogen) atoms. The van der Waals surface area contributed by atoms with Crippen molar-refractivity contribution in [2.24, 2.45) is 5.92 Å². The average molecular weight is 346 g/mol. The molecule has 1 atom stereocenters. The quantitative estimate of drug-likeness (QED) is 0.538. The van der Waals surface area contributed by atoms with Crippen LogP contribution >= 0.6 is 0 Å². The highest BCUT2D eigenvalue weighted by molar-refractivity contribution is 7.89. The molecule has 2 rings (SSSR count). The van der Waals surface area contributed by atoms with Gasteiger partial charge in [-0.05, 0) is 49.4 Å². The molecule has 0 spiro atoms. The maximum atomic E-state index is 13.3. The van der Waals surface area contributed by atoms with E-state index in [4.69, 9.17) is 9.94 Å². The van der Waals surface area contributed by atoms with Crippen LogP contribution in [-0.2, 0) is 19.6 Å². The Morgan fingerprint density at radius 1 is 1.39 bits per heavy atom. The lowest BCUT2D eigenvalue weighted by Crippen LogP contribution is -2.51. The number of sulfonamides is 1. The Balaban J connectivity index is 2.26. The zero-order valence-corrected chi connectivity index (χ0v) is 13.4. The van der Waals surface area contributed by atoms with E-state index >= 15 is 0 Å². The summed E-state index contributed by atoms with van der Waals surface area (Å²) >= 11 is 0. The number of aryl methyl sites for hydroxylation is 1. The molecule has 1 amide bonds. The zero-order valence-electron chi connectivity index (χ0n) is 12.6. The summed E-state index contributed by atoms with van der Waals surface area (Å²) in [5, 5.41) is 8.87. The molecule has 0 bridgehead atoms. The van der Waals surface area contributed by atoms with Gasteiger partial charge in [-0.2, -0.15) is 4.72 Å². The summed E-state index contributed by atoms with van der Waals surface area (Å²) in [7, 11) is -4.03. The second kappa shape index (κ2) is 7.35. The van der Waals surface area contributed by atoms with Crippen LogP contribution in [0.15, 0.2) is 23.1 Å². The molecule has 0 aliphatic carbocycles. The van der Waals surface area contributed by atoms with Crippen LogP contribution in [0.1, 0.15) is 18.4 Å². The number of carbonyl (C=O) groups excluding carboxylic acids is 1. The smallest absolute Gasteiger partial charge is 0.261 e. The highest BCUT2D eigenvalue weighted by Gasteiger charge is 2.33. The number of hydrogen-bond acceptors (Lipinski definition) is 5. The highest BCUT2D eigenvalue weighted by Crippen LogP contribution is 2.22. The topological polar surface area (TPSA) is 105 Å². The summed E-state index contributed by atoms with van der Waals surface area (Å²) in [5.41, 5.74) is 1.67. The number of halogens is 1. The second-order valence-corrected chi connectivity index (χ2v) is 7.15. The van der Waals surface area contributed by atoms with Crippen LogP contribution in [0.5, 0.6) is 0 Å². The number of ether oxygens (including phenoxy) is 1. The number of carbonyl (C=O) groups is 1. The van der Waals surface area contributed by atoms with Crippen molar-refractivity contribution in [3.8, 4) is 0 Å². The van der Waals surface area contributed by atoms with Gasteiger partial charge in [-0.3, -0.25) is 10.0 Å². The van der Waals surface area contributed by atoms with Crippen molar-refractivity contribution in [1.82, 2.24) is 10.2 Å². The average Bonchev–Trinajstić information content (AvgIpc) is 2.55. The first-order valence-corrected chi connectivity index (χ1v) is 8.63. The molecular weight excluding hydrogens is 327 g/mol. The Hall–Kier alpha value is -1.55. The van der Waals surface area contributed by atoms with Crippen LogP contribution in [0.2, 0.25) is 0 Å². The SMILES string of the molecule is Cc1cc(S(=O)(=O)NC(C(=O)NO)C2CCOCC2)ccc1F. The van der Waals surface area contributed by atoms with E-state index in [9.17, 15) is 17.6 Å². The van der Waals surface area contributed by atoms with Crippen molar-refractivity contribution in [3.05, 3.63) is 29.6 Å². The van der Waals surface area contributed by atoms with Crippen molar-refractivity contribution in [3.63, 3.8) is 0 Å². The third-order valence-corrected chi connectivity index (χ3v) is 5.29. The molecule has 0 aromatic heterocycles. The number of rotatable bonds is 5. The predicted octanol–water partition coefficient (Wildman–Crippen LogP) is 0.713. The number of amides is 1. The van der Waals surface area contributed by atoms with Gasteiger partial charge >= 0.3 is 0 Å². The number of nitrogens with one attached hydrogen (secondary N) is 2. The molecule has 1 aromatic rings. The van der Waals surface area contributed by atoms with Crippen molar-refractivity contribution in [2.75, 3.05) is 13.2 Å². The van der Waals surface area contributed by atoms with Crippen LogP contribution in [0.25, 0.3) is 0 Å². The molecular formula is C14H19FN2O5S. The van der Waals surface area contributed by atoms with Crippen LogP contribution in [0.4, 0.5) is 4.39 Å². The molecule has 1 saturated heterocycles. The summed E-state index contributed by atoms with van der Waals surface area (Å²) in [6, 6.07) is 2.25. The van der Waals surface area contributed by atoms with Gasteiger partial charge in [-0.25, -0.2) is 18.3 Å². The highest BCUT2D eigenvalue weighted by atomic mass is 32.2. The van der Waals surface area contributed by atoms with Gasteiger partial charge in [0.05, 0.1) is 4.90 Å². The Labute approximate surface area is 133 Å². The molecule has 1 aromatic carbocycles. The third kappa shape index (κ3) is 4.25. The molecule has 7 nitrogen and oxygen atoms in total. The van der Waals surface area contributed by atoms with Crippen LogP contribution in [-0.4, -0.2) is 38.8 Å². The molecule has 1 aliphatic heterocycles. The largest absolute Gasteiger partial charge is 0.381 e. The number of benzene rings is 1. The van der Waals surface area contributed by atoms with E-state index in [1.807, 2.05) is 0 Å². The lowest BCUT2D eigenvalue weighted by molar-refractivity contribution is -0.133. The molecule has 0 radical (unpaired) electrons. The van der Waals surface area contributed by atoms with Crippen LogP contribution in [0.3, 0.4) is 0 Å². The van der Waals surface area contributed by atoms with Gasteiger partial charge < -0.3 is 4.74 Å². The van der Waals surface area contributed by atoms with Gasteiger partial charge in [-0.1, -0.05) is 0 Å². The predicted molar refractivity (Wildman–Crippen MR) is 78.7 cm³/mol. The molecule has 128 valence electrons. The zero-order chi connectivity index (χ0) is 17.0. The standard InChI is InChI=1S/C14H19FN2O5S/c1-9-8-11(2-3-12(9)15)23(20,21)17-13(14(18)16-19)10-4-6-22-7-5-10/h2-3,8,10,13,17,19H,4-7H2,1H3,(H,16,18). The van der Waals surface area contributed by atoms with Crippen LogP contribution < -0.4 is 10.2 Å². The maximum absolute atomic E-state index is 13.3. The first-order chi connectivity index (χ1) is 10.8. The summed E-state index contributed by atoms with van der Waals surface area (Å²) in [6.45, 7) is 2.28. The third-order valence-electron chi connectivity index (χ3n) is 3.85. The van der Waals surface area contributed by atoms with E-state index in [1.54, 1.807) is 0 Å². The van der Waals surface area contributed by atoms with Gasteiger partial charge in [0, 0.05) is 13.2 Å². The molecule has 0 saturated carbocycles. The molecule has 1 heterocycles. The molecule has 9 heteroatoms. The minimum absolute atomic E-state index is 0.140. The second-order valence-electron chi connectivity index (χ2n) is 5.44. The van der Waals surface area contributed by atoms with E-state index in [2.05, 4.69) is 4.72 Å². The molecule has 3 N–H and O–H groups in total. The van der Waals surface area contributed by atoms with Gasteiger partial charge in [0.1, 0.15) is 11.9 Å². The van der Waals surface area contributed by atoms with Crippen molar-refractivity contribution < 1.29 is 27.5 Å². The number of hydroxylamine groups is 1. The van der Waals surface area contributed by atoms with Crippen molar-refractivity contribution >= 4 is 15.9 Å². The van der Waals surface area contributed by atoms with Gasteiger partial charge in [0.25, 0.3) is 5.91 Å². The normalized spacial score (nSPS) is 17.7. The first kappa shape index (κ1) is 17.8. The lowest BCUT2D eigenvalue weighted by Gasteiger charge is -2.29. The Bertz CT molecular complexity index is 674. The van der Waals surface area contributed by atoms with E-state index < -0.39 is 27.8 Å². The van der Waals surface area contributed by atoms with Crippen LogP contribution in [0, 0.1) is 18.7 Å². The van der Waals surface area contributed by atoms with E-state index in [-0.39, 0.29) is 16.4 Å². The molecule has 1 aliphatic rings. The fourth-order valence-corrected chi connectivity index (χ4v) is 3.85. The summed E-state index contributed by atoms with van der Waals surface area (Å²) in [4.78, 5) is 11.7. The Kier molecular flexibility index (Phi) is 5.69. The van der Waals surface area contributed by atoms with E-state index in [1.165, 1.54) is 18.5 Å². The van der Waals surface area contributed by atoms with Gasteiger partial charge in [0.2, 0.25) is 10.0 Å². The lowest BCUT2D eigenvalue weighted by atomic mass is 9.92. The summed E-state index contributed by atoms with van der Waals surface area (Å²) < 4.78 is 45.7. The fourth-order valence-electron chi connectivity index (χ4n) is 2.50. The van der Waals surface area contributed by atoms with Gasteiger partial charge in [-0.15, -0.1) is 0 Å². The van der Waals surface area contributed by atoms with E-state index in [0.717, 1.165) is 12.1 Å². The Morgan fingerprint density at radius 2 is 2.04 bits per heavy atom.